The fourth-order valence-electron chi connectivity index (χ4n) is 3.34. The van der Waals surface area contributed by atoms with Crippen LogP contribution in [0.1, 0.15) is 49.1 Å². The predicted octanol–water partition coefficient (Wildman–Crippen LogP) is 4.29. The number of aryl methyl sites for hydroxylation is 1. The zero-order valence-electron chi connectivity index (χ0n) is 16.1. The minimum atomic E-state index is -0.472. The Balaban J connectivity index is 1.66. The maximum atomic E-state index is 12.6. The summed E-state index contributed by atoms with van der Waals surface area (Å²) in [5.74, 6) is -0.310. The Hall–Kier alpha value is -2.85. The van der Waals surface area contributed by atoms with Gasteiger partial charge in [0, 0.05) is 23.2 Å². The molecule has 28 heavy (non-hydrogen) atoms. The van der Waals surface area contributed by atoms with Gasteiger partial charge in [-0.1, -0.05) is 6.42 Å². The van der Waals surface area contributed by atoms with Gasteiger partial charge in [-0.3, -0.25) is 9.59 Å². The van der Waals surface area contributed by atoms with Crippen LogP contribution in [0.2, 0.25) is 0 Å². The molecule has 1 atom stereocenters. The van der Waals surface area contributed by atoms with Crippen LogP contribution in [0.3, 0.4) is 0 Å². The number of nitrogens with zero attached hydrogens (tertiary/aromatic N) is 1. The molecule has 6 nitrogen and oxygen atoms in total. The fourth-order valence-corrected chi connectivity index (χ4v) is 4.58. The molecular weight excluding hydrogens is 372 g/mol. The smallest absolute Gasteiger partial charge is 0.247 e. The molecule has 2 aromatic rings. The standard InChI is InChI=1S/C21H24N4O2S/c1-13(23-15-8-10-16(11-9-15)24-14(2)26)20(27)25-21-18(12-22)17-6-4-3-5-7-19(17)28-21/h8-11,13,23H,3-7H2,1-2H3,(H,24,26)(H,25,27). The van der Waals surface area contributed by atoms with Crippen molar-refractivity contribution in [2.75, 3.05) is 16.0 Å². The molecule has 146 valence electrons. The molecule has 0 radical (unpaired) electrons. The lowest BCUT2D eigenvalue weighted by atomic mass is 10.1. The number of amides is 2. The summed E-state index contributed by atoms with van der Waals surface area (Å²) in [6.45, 7) is 3.24. The lowest BCUT2D eigenvalue weighted by Gasteiger charge is -2.15. The van der Waals surface area contributed by atoms with Crippen LogP contribution in [0.5, 0.6) is 0 Å². The van der Waals surface area contributed by atoms with Gasteiger partial charge in [-0.25, -0.2) is 0 Å². The molecule has 0 saturated carbocycles. The Morgan fingerprint density at radius 3 is 2.43 bits per heavy atom. The molecular formula is C21H24N4O2S. The first-order chi connectivity index (χ1) is 13.5. The first-order valence-corrected chi connectivity index (χ1v) is 10.3. The van der Waals surface area contributed by atoms with Gasteiger partial charge in [0.1, 0.15) is 17.1 Å². The first-order valence-electron chi connectivity index (χ1n) is 9.47. The van der Waals surface area contributed by atoms with Gasteiger partial charge in [-0.05, 0) is 62.4 Å². The van der Waals surface area contributed by atoms with Crippen LogP contribution in [-0.4, -0.2) is 17.9 Å². The summed E-state index contributed by atoms with van der Waals surface area (Å²) in [6.07, 6.45) is 5.32. The second-order valence-electron chi connectivity index (χ2n) is 6.99. The molecule has 1 aromatic heterocycles. The summed E-state index contributed by atoms with van der Waals surface area (Å²) >= 11 is 1.54. The van der Waals surface area contributed by atoms with E-state index in [9.17, 15) is 14.9 Å². The molecule has 1 aromatic carbocycles. The topological polar surface area (TPSA) is 94.0 Å². The Morgan fingerprint density at radius 1 is 1.07 bits per heavy atom. The van der Waals surface area contributed by atoms with Gasteiger partial charge in [0.25, 0.3) is 0 Å². The van der Waals surface area contributed by atoms with E-state index in [1.54, 1.807) is 19.1 Å². The maximum Gasteiger partial charge on any atom is 0.247 e. The van der Waals surface area contributed by atoms with Crippen molar-refractivity contribution in [2.45, 2.75) is 52.0 Å². The van der Waals surface area contributed by atoms with Crippen LogP contribution in [0.25, 0.3) is 0 Å². The van der Waals surface area contributed by atoms with E-state index >= 15 is 0 Å². The molecule has 0 spiro atoms. The number of anilines is 3. The summed E-state index contributed by atoms with van der Waals surface area (Å²) in [5, 5.41) is 19.0. The van der Waals surface area contributed by atoms with Crippen LogP contribution < -0.4 is 16.0 Å². The molecule has 1 unspecified atom stereocenters. The van der Waals surface area contributed by atoms with Crippen LogP contribution >= 0.6 is 11.3 Å². The van der Waals surface area contributed by atoms with Gasteiger partial charge in [0.15, 0.2) is 0 Å². The molecule has 0 aliphatic heterocycles. The summed E-state index contributed by atoms with van der Waals surface area (Å²) in [6, 6.07) is 8.99. The number of carbonyl (C=O) groups is 2. The molecule has 2 amide bonds. The molecule has 1 heterocycles. The fraction of sp³-hybridized carbons (Fsp3) is 0.381. The van der Waals surface area contributed by atoms with E-state index < -0.39 is 6.04 Å². The molecule has 0 saturated heterocycles. The second kappa shape index (κ2) is 8.89. The van der Waals surface area contributed by atoms with E-state index in [0.29, 0.717) is 16.3 Å². The van der Waals surface area contributed by atoms with E-state index in [4.69, 9.17) is 0 Å². The summed E-state index contributed by atoms with van der Waals surface area (Å²) in [4.78, 5) is 25.0. The number of nitriles is 1. The van der Waals surface area contributed by atoms with Crippen LogP contribution in [0.4, 0.5) is 16.4 Å². The average Bonchev–Trinajstić information content (AvgIpc) is 2.82. The summed E-state index contributed by atoms with van der Waals surface area (Å²) in [7, 11) is 0. The number of carbonyl (C=O) groups excluding carboxylic acids is 2. The second-order valence-corrected chi connectivity index (χ2v) is 8.10. The van der Waals surface area contributed by atoms with Crippen molar-refractivity contribution in [2.24, 2.45) is 0 Å². The highest BCUT2D eigenvalue weighted by atomic mass is 32.1. The zero-order chi connectivity index (χ0) is 20.1. The van der Waals surface area contributed by atoms with Crippen molar-refractivity contribution in [1.82, 2.24) is 0 Å². The van der Waals surface area contributed by atoms with Gasteiger partial charge in [0.2, 0.25) is 11.8 Å². The van der Waals surface area contributed by atoms with Crippen LogP contribution in [-0.2, 0) is 22.4 Å². The number of benzene rings is 1. The van der Waals surface area contributed by atoms with Gasteiger partial charge < -0.3 is 16.0 Å². The number of hydrogen-bond acceptors (Lipinski definition) is 5. The molecule has 7 heteroatoms. The molecule has 1 aliphatic rings. The predicted molar refractivity (Wildman–Crippen MR) is 113 cm³/mol. The van der Waals surface area contributed by atoms with Crippen molar-refractivity contribution in [3.05, 3.63) is 40.3 Å². The third kappa shape index (κ3) is 4.70. The molecule has 1 aliphatic carbocycles. The highest BCUT2D eigenvalue weighted by Crippen LogP contribution is 2.37. The minimum Gasteiger partial charge on any atom is -0.374 e. The molecule has 0 bridgehead atoms. The Kier molecular flexibility index (Phi) is 6.32. The number of fused-ring (bicyclic) bond motifs is 1. The van der Waals surface area contributed by atoms with Gasteiger partial charge >= 0.3 is 0 Å². The first kappa shape index (κ1) is 19.9. The number of nitrogens with one attached hydrogen (secondary N) is 3. The van der Waals surface area contributed by atoms with E-state index in [0.717, 1.165) is 36.9 Å². The highest BCUT2D eigenvalue weighted by Gasteiger charge is 2.22. The van der Waals surface area contributed by atoms with Crippen molar-refractivity contribution < 1.29 is 9.59 Å². The van der Waals surface area contributed by atoms with Crippen LogP contribution in [0, 0.1) is 11.3 Å². The normalized spacial score (nSPS) is 14.2. The van der Waals surface area contributed by atoms with E-state index in [1.165, 1.54) is 29.6 Å². The zero-order valence-corrected chi connectivity index (χ0v) is 16.9. The summed E-state index contributed by atoms with van der Waals surface area (Å²) < 4.78 is 0. The van der Waals surface area contributed by atoms with Crippen LogP contribution in [0.15, 0.2) is 24.3 Å². The lowest BCUT2D eigenvalue weighted by Crippen LogP contribution is -2.31. The van der Waals surface area contributed by atoms with Crippen molar-refractivity contribution in [3.8, 4) is 6.07 Å². The molecule has 3 N–H and O–H groups in total. The van der Waals surface area contributed by atoms with Crippen molar-refractivity contribution in [1.29, 1.82) is 5.26 Å². The van der Waals surface area contributed by atoms with Gasteiger partial charge in [0.05, 0.1) is 5.56 Å². The molecule has 0 fully saturated rings. The van der Waals surface area contributed by atoms with Crippen molar-refractivity contribution in [3.63, 3.8) is 0 Å². The van der Waals surface area contributed by atoms with Gasteiger partial charge in [-0.15, -0.1) is 11.3 Å². The number of hydrogen-bond donors (Lipinski definition) is 3. The minimum absolute atomic E-state index is 0.129. The lowest BCUT2D eigenvalue weighted by molar-refractivity contribution is -0.116. The third-order valence-corrected chi connectivity index (χ3v) is 5.96. The van der Waals surface area contributed by atoms with E-state index in [2.05, 4.69) is 22.0 Å². The number of thiophene rings is 1. The van der Waals surface area contributed by atoms with E-state index in [1.807, 2.05) is 12.1 Å². The third-order valence-electron chi connectivity index (χ3n) is 4.75. The van der Waals surface area contributed by atoms with Crippen molar-refractivity contribution >= 4 is 39.5 Å². The SMILES string of the molecule is CC(=O)Nc1ccc(NC(C)C(=O)Nc2sc3c(c2C#N)CCCCC3)cc1. The Morgan fingerprint density at radius 2 is 1.75 bits per heavy atom. The largest absolute Gasteiger partial charge is 0.374 e. The monoisotopic (exact) mass is 396 g/mol. The quantitative estimate of drug-likeness (QED) is 0.657. The Labute approximate surface area is 169 Å². The Bertz CT molecular complexity index is 912. The maximum absolute atomic E-state index is 12.6. The average molecular weight is 397 g/mol. The molecule has 3 rings (SSSR count). The number of rotatable bonds is 5. The summed E-state index contributed by atoms with van der Waals surface area (Å²) in [5.41, 5.74) is 3.23. The van der Waals surface area contributed by atoms with Gasteiger partial charge in [-0.2, -0.15) is 5.26 Å². The van der Waals surface area contributed by atoms with E-state index in [-0.39, 0.29) is 11.8 Å². The highest BCUT2D eigenvalue weighted by molar-refractivity contribution is 7.16.